The van der Waals surface area contributed by atoms with Crippen LogP contribution in [0.1, 0.15) is 72.1 Å². The second-order valence-corrected chi connectivity index (χ2v) is 4.16. The summed E-state index contributed by atoms with van der Waals surface area (Å²) in [6.45, 7) is 2.34. The first-order chi connectivity index (χ1) is 5.39. The average Bonchev–Trinajstić information content (AvgIpc) is 2.57. The van der Waals surface area contributed by atoms with E-state index >= 15 is 0 Å². The first-order valence-corrected chi connectivity index (χ1v) is 5.39. The van der Waals surface area contributed by atoms with E-state index in [1.54, 1.807) is 0 Å². The van der Waals surface area contributed by atoms with Gasteiger partial charge in [-0.05, 0) is 5.92 Å². The molecule has 0 N–H and O–H groups in total. The fraction of sp³-hybridized carbons (Fsp3) is 1.00. The molecule has 74 valence electrons. The van der Waals surface area contributed by atoms with Crippen molar-refractivity contribution in [3.63, 3.8) is 0 Å². The Balaban J connectivity index is 0.000000189. The summed E-state index contributed by atoms with van der Waals surface area (Å²) in [5.74, 6) is 1.05. The molecule has 2 saturated carbocycles. The predicted molar refractivity (Wildman–Crippen MR) is 57.4 cm³/mol. The lowest BCUT2D eigenvalue weighted by Gasteiger charge is -1.91. The fourth-order valence-electron chi connectivity index (χ4n) is 2.01. The van der Waals surface area contributed by atoms with Gasteiger partial charge in [0, 0.05) is 0 Å². The lowest BCUT2D eigenvalue weighted by atomic mass is 10.2. The van der Waals surface area contributed by atoms with Gasteiger partial charge < -0.3 is 0 Å². The fourth-order valence-corrected chi connectivity index (χ4v) is 2.01. The summed E-state index contributed by atoms with van der Waals surface area (Å²) < 4.78 is 0. The Morgan fingerprint density at radius 2 is 1.00 bits per heavy atom. The molecule has 2 fully saturated rings. The van der Waals surface area contributed by atoms with E-state index in [1.165, 1.54) is 57.8 Å². The molecule has 0 bridgehead atoms. The topological polar surface area (TPSA) is 0 Å². The Hall–Kier alpha value is 0. The van der Waals surface area contributed by atoms with E-state index in [0.717, 1.165) is 5.92 Å². The molecular weight excluding hydrogens is 144 g/mol. The Morgan fingerprint density at radius 3 is 1.17 bits per heavy atom. The second-order valence-electron chi connectivity index (χ2n) is 4.16. The SMILES string of the molecule is C.C1CCCC1.CC1CCCC1. The van der Waals surface area contributed by atoms with Crippen LogP contribution in [0, 0.1) is 5.92 Å². The zero-order valence-electron chi connectivity index (χ0n) is 7.94. The molecular formula is C12H26. The van der Waals surface area contributed by atoms with Gasteiger partial charge in [0.1, 0.15) is 0 Å². The van der Waals surface area contributed by atoms with E-state index in [0.29, 0.717) is 0 Å². The lowest BCUT2D eigenvalue weighted by Crippen LogP contribution is -1.78. The van der Waals surface area contributed by atoms with E-state index in [1.807, 2.05) is 0 Å². The minimum absolute atomic E-state index is 0. The van der Waals surface area contributed by atoms with Gasteiger partial charge in [-0.3, -0.25) is 0 Å². The summed E-state index contributed by atoms with van der Waals surface area (Å²) >= 11 is 0. The smallest absolute Gasteiger partial charge is 0.0443 e. The highest BCUT2D eigenvalue weighted by atomic mass is 14.1. The van der Waals surface area contributed by atoms with E-state index in [9.17, 15) is 0 Å². The number of hydrogen-bond acceptors (Lipinski definition) is 0. The monoisotopic (exact) mass is 170 g/mol. The maximum Gasteiger partial charge on any atom is -0.0443 e. The number of hydrogen-bond donors (Lipinski definition) is 0. The highest BCUT2D eigenvalue weighted by Gasteiger charge is 2.07. The standard InChI is InChI=1S/C6H12.C5H10.CH4/c1-6-4-2-3-5-6;1-2-4-5-3-1;/h6H,2-5H2,1H3;1-5H2;1H4. The molecule has 0 nitrogen and oxygen atoms in total. The molecule has 12 heavy (non-hydrogen) atoms. The highest BCUT2D eigenvalue weighted by molar-refractivity contribution is 4.60. The summed E-state index contributed by atoms with van der Waals surface area (Å²) in [6, 6.07) is 0. The van der Waals surface area contributed by atoms with Crippen LogP contribution in [-0.4, -0.2) is 0 Å². The van der Waals surface area contributed by atoms with Gasteiger partial charge >= 0.3 is 0 Å². The van der Waals surface area contributed by atoms with Crippen LogP contribution in [0.3, 0.4) is 0 Å². The van der Waals surface area contributed by atoms with Crippen LogP contribution >= 0.6 is 0 Å². The highest BCUT2D eigenvalue weighted by Crippen LogP contribution is 2.22. The molecule has 0 aromatic carbocycles. The molecule has 2 aliphatic rings. The summed E-state index contributed by atoms with van der Waals surface area (Å²) in [5.41, 5.74) is 0. The lowest BCUT2D eigenvalue weighted by molar-refractivity contribution is 0.612. The van der Waals surface area contributed by atoms with Crippen molar-refractivity contribution in [2.45, 2.75) is 72.1 Å². The Kier molecular flexibility index (Phi) is 7.64. The molecule has 0 amide bonds. The summed E-state index contributed by atoms with van der Waals surface area (Å²) in [5, 5.41) is 0. The molecule has 0 unspecified atom stereocenters. The molecule has 0 aromatic heterocycles. The third-order valence-corrected chi connectivity index (χ3v) is 2.89. The molecule has 0 spiro atoms. The van der Waals surface area contributed by atoms with Gasteiger partial charge in [-0.15, -0.1) is 0 Å². The maximum atomic E-state index is 2.34. The van der Waals surface area contributed by atoms with E-state index < -0.39 is 0 Å². The predicted octanol–water partition coefficient (Wildman–Crippen LogP) is 4.78. The summed E-state index contributed by atoms with van der Waals surface area (Å²) in [4.78, 5) is 0. The minimum atomic E-state index is 0. The van der Waals surface area contributed by atoms with Crippen molar-refractivity contribution >= 4 is 0 Å². The van der Waals surface area contributed by atoms with Gasteiger partial charge in [0.15, 0.2) is 0 Å². The van der Waals surface area contributed by atoms with Crippen LogP contribution in [0.25, 0.3) is 0 Å². The third kappa shape index (κ3) is 5.62. The van der Waals surface area contributed by atoms with Crippen LogP contribution in [0.2, 0.25) is 0 Å². The quantitative estimate of drug-likeness (QED) is 0.490. The first kappa shape index (κ1) is 12.0. The Morgan fingerprint density at radius 1 is 0.667 bits per heavy atom. The van der Waals surface area contributed by atoms with Gasteiger partial charge in [-0.1, -0.05) is 72.1 Å². The minimum Gasteiger partial charge on any atom is -0.0776 e. The van der Waals surface area contributed by atoms with E-state index in [4.69, 9.17) is 0 Å². The molecule has 2 aliphatic carbocycles. The zero-order valence-corrected chi connectivity index (χ0v) is 7.94. The van der Waals surface area contributed by atoms with Crippen LogP contribution in [0.4, 0.5) is 0 Å². The van der Waals surface area contributed by atoms with Gasteiger partial charge in [0.05, 0.1) is 0 Å². The van der Waals surface area contributed by atoms with Gasteiger partial charge in [-0.25, -0.2) is 0 Å². The third-order valence-electron chi connectivity index (χ3n) is 2.89. The van der Waals surface area contributed by atoms with Crippen LogP contribution in [0.15, 0.2) is 0 Å². The first-order valence-electron chi connectivity index (χ1n) is 5.39. The van der Waals surface area contributed by atoms with E-state index in [-0.39, 0.29) is 7.43 Å². The van der Waals surface area contributed by atoms with Crippen LogP contribution in [-0.2, 0) is 0 Å². The second kappa shape index (κ2) is 7.64. The van der Waals surface area contributed by atoms with Crippen molar-refractivity contribution in [2.24, 2.45) is 5.92 Å². The van der Waals surface area contributed by atoms with E-state index in [2.05, 4.69) is 6.92 Å². The molecule has 2 rings (SSSR count). The molecule has 0 aromatic rings. The summed E-state index contributed by atoms with van der Waals surface area (Å²) in [6.07, 6.45) is 13.4. The van der Waals surface area contributed by atoms with Crippen molar-refractivity contribution in [2.75, 3.05) is 0 Å². The van der Waals surface area contributed by atoms with Crippen molar-refractivity contribution < 1.29 is 0 Å². The molecule has 0 radical (unpaired) electrons. The summed E-state index contributed by atoms with van der Waals surface area (Å²) in [7, 11) is 0. The van der Waals surface area contributed by atoms with Crippen molar-refractivity contribution in [3.8, 4) is 0 Å². The number of rotatable bonds is 0. The van der Waals surface area contributed by atoms with Crippen LogP contribution in [0.5, 0.6) is 0 Å². The van der Waals surface area contributed by atoms with Gasteiger partial charge in [0.2, 0.25) is 0 Å². The van der Waals surface area contributed by atoms with Crippen molar-refractivity contribution in [1.29, 1.82) is 0 Å². The normalized spacial score (nSPS) is 22.8. The molecule has 0 saturated heterocycles. The van der Waals surface area contributed by atoms with Crippen LogP contribution < -0.4 is 0 Å². The maximum absolute atomic E-state index is 2.34. The van der Waals surface area contributed by atoms with Gasteiger partial charge in [-0.2, -0.15) is 0 Å². The molecule has 0 heterocycles. The molecule has 0 atom stereocenters. The molecule has 0 heteroatoms. The largest absolute Gasteiger partial charge is 0.0776 e. The Bertz CT molecular complexity index is 68.4. The zero-order chi connectivity index (χ0) is 7.94. The van der Waals surface area contributed by atoms with Crippen molar-refractivity contribution in [1.82, 2.24) is 0 Å². The van der Waals surface area contributed by atoms with Crippen molar-refractivity contribution in [3.05, 3.63) is 0 Å². The van der Waals surface area contributed by atoms with Gasteiger partial charge in [0.25, 0.3) is 0 Å². The molecule has 0 aliphatic heterocycles. The average molecular weight is 170 g/mol. The Labute approximate surface area is 78.8 Å².